The van der Waals surface area contributed by atoms with Crippen LogP contribution in [0, 0.1) is 11.3 Å². The van der Waals surface area contributed by atoms with Crippen LogP contribution in [0.15, 0.2) is 54.7 Å². The van der Waals surface area contributed by atoms with E-state index in [4.69, 9.17) is 14.5 Å². The lowest BCUT2D eigenvalue weighted by Gasteiger charge is -2.36. The lowest BCUT2D eigenvalue weighted by Crippen LogP contribution is -2.62. The number of urea groups is 1. The molecule has 5 atom stereocenters. The van der Waals surface area contributed by atoms with Gasteiger partial charge < -0.3 is 34.7 Å². The van der Waals surface area contributed by atoms with Gasteiger partial charge in [-0.1, -0.05) is 39.8 Å². The summed E-state index contributed by atoms with van der Waals surface area (Å²) in [6.45, 7) is 13.7. The minimum atomic E-state index is -1.17. The van der Waals surface area contributed by atoms with Gasteiger partial charge in [0.1, 0.15) is 29.9 Å². The molecule has 4 N–H and O–H groups in total. The molecule has 340 valence electrons. The van der Waals surface area contributed by atoms with Crippen molar-refractivity contribution in [3.05, 3.63) is 71.5 Å². The van der Waals surface area contributed by atoms with Crippen molar-refractivity contribution in [3.63, 3.8) is 0 Å². The highest BCUT2D eigenvalue weighted by molar-refractivity contribution is 6.02. The molecule has 3 fully saturated rings. The average molecular weight is 877 g/mol. The molecule has 4 aliphatic rings. The number of nitrogens with one attached hydrogen (secondary N) is 3. The van der Waals surface area contributed by atoms with E-state index >= 15 is 0 Å². The molecule has 3 saturated heterocycles. The maximum atomic E-state index is 14.7. The molecule has 4 aliphatic heterocycles. The Kier molecular flexibility index (Phi) is 12.6. The second-order valence-electron chi connectivity index (χ2n) is 18.6. The molecular formula is C48H60N8O8. The smallest absolute Gasteiger partial charge is 0.327 e. The highest BCUT2D eigenvalue weighted by Gasteiger charge is 2.46. The monoisotopic (exact) mass is 876 g/mol. The van der Waals surface area contributed by atoms with Crippen LogP contribution in [0.5, 0.6) is 5.75 Å². The van der Waals surface area contributed by atoms with Crippen molar-refractivity contribution in [2.75, 3.05) is 39.9 Å². The van der Waals surface area contributed by atoms with Gasteiger partial charge in [-0.3, -0.25) is 34.1 Å². The molecule has 1 unspecified atom stereocenters. The number of hydrogen-bond acceptors (Lipinski definition) is 11. The number of hydrazine groups is 1. The predicted octanol–water partition coefficient (Wildman–Crippen LogP) is 4.71. The minimum Gasteiger partial charge on any atom is -0.508 e. The number of pyridine rings is 1. The number of aromatic nitrogens is 2. The van der Waals surface area contributed by atoms with Gasteiger partial charge in [0.2, 0.25) is 11.8 Å². The Morgan fingerprint density at radius 3 is 2.55 bits per heavy atom. The predicted molar refractivity (Wildman–Crippen MR) is 240 cm³/mol. The molecule has 0 radical (unpaired) electrons. The second-order valence-corrected chi connectivity index (χ2v) is 18.6. The van der Waals surface area contributed by atoms with Crippen LogP contribution >= 0.6 is 0 Å². The van der Waals surface area contributed by atoms with E-state index in [1.165, 1.54) is 14.8 Å². The average Bonchev–Trinajstić information content (AvgIpc) is 4.01. The highest BCUT2D eigenvalue weighted by Crippen LogP contribution is 2.42. The number of nitrogens with zero attached hydrogens (tertiary/aromatic N) is 5. The number of fused-ring (bicyclic) bond motifs is 6. The number of imide groups is 1. The molecule has 0 aliphatic carbocycles. The number of benzene rings is 2. The fourth-order valence-corrected chi connectivity index (χ4v) is 9.57. The normalized spacial score (nSPS) is 22.3. The maximum absolute atomic E-state index is 14.7. The van der Waals surface area contributed by atoms with Crippen LogP contribution in [0.3, 0.4) is 0 Å². The zero-order valence-electron chi connectivity index (χ0n) is 37.8. The lowest BCUT2D eigenvalue weighted by molar-refractivity contribution is -0.155. The zero-order chi connectivity index (χ0) is 45.6. The molecule has 0 spiro atoms. The quantitative estimate of drug-likeness (QED) is 0.134. The molecule has 6 heterocycles. The van der Waals surface area contributed by atoms with E-state index in [9.17, 15) is 29.1 Å². The Morgan fingerprint density at radius 2 is 1.83 bits per heavy atom. The number of ether oxygens (including phenoxy) is 2. The molecule has 4 aromatic rings. The molecule has 16 nitrogen and oxygen atoms in total. The molecule has 8 rings (SSSR count). The van der Waals surface area contributed by atoms with E-state index in [1.54, 1.807) is 25.4 Å². The third kappa shape index (κ3) is 8.82. The summed E-state index contributed by atoms with van der Waals surface area (Å²) >= 11 is 0. The fourth-order valence-electron chi connectivity index (χ4n) is 9.57. The molecule has 2 aromatic heterocycles. The lowest BCUT2D eigenvalue weighted by atomic mass is 9.84. The summed E-state index contributed by atoms with van der Waals surface area (Å²) in [5.74, 6) is -2.23. The van der Waals surface area contributed by atoms with Gasteiger partial charge in [-0.2, -0.15) is 0 Å². The maximum Gasteiger partial charge on any atom is 0.327 e. The summed E-state index contributed by atoms with van der Waals surface area (Å²) in [5, 5.41) is 19.6. The largest absolute Gasteiger partial charge is 0.508 e. The molecular weight excluding hydrogens is 817 g/mol. The van der Waals surface area contributed by atoms with Gasteiger partial charge in [-0.25, -0.2) is 10.2 Å². The number of phenols is 1. The Morgan fingerprint density at radius 1 is 1.05 bits per heavy atom. The number of hydrogen-bond donors (Lipinski definition) is 4. The SMILES string of the molecule is CCn1c(-c2cccnc2[C@H](C)OC)c2c3cc(ccc31)-c1cc(O)cc(c1)C[C@H](NC(=O)C(C(C)C)N1CCN(C(=O)[C@@H]3CN3)C1=O)C(=O)N1CCC[C@H](N1)C(=O)OCC(C)(C)C2. The first kappa shape index (κ1) is 44.8. The second kappa shape index (κ2) is 18.0. The number of esters is 1. The third-order valence-electron chi connectivity index (χ3n) is 12.9. The van der Waals surface area contributed by atoms with Crippen LogP contribution in [0.2, 0.25) is 0 Å². The Bertz CT molecular complexity index is 2480. The van der Waals surface area contributed by atoms with Crippen molar-refractivity contribution < 1.29 is 38.6 Å². The van der Waals surface area contributed by atoms with E-state index in [-0.39, 0.29) is 56.3 Å². The summed E-state index contributed by atoms with van der Waals surface area (Å²) in [4.78, 5) is 76.9. The fraction of sp³-hybridized carbons (Fsp3) is 0.500. The van der Waals surface area contributed by atoms with Crippen LogP contribution in [0.4, 0.5) is 4.79 Å². The first-order valence-electron chi connectivity index (χ1n) is 22.5. The van der Waals surface area contributed by atoms with Crippen molar-refractivity contribution in [2.24, 2.45) is 11.3 Å². The minimum absolute atomic E-state index is 0.0159. The summed E-state index contributed by atoms with van der Waals surface area (Å²) in [6, 6.07) is 11.5. The summed E-state index contributed by atoms with van der Waals surface area (Å²) in [5.41, 5.74) is 9.50. The molecule has 16 heteroatoms. The van der Waals surface area contributed by atoms with Gasteiger partial charge in [0, 0.05) is 74.3 Å². The van der Waals surface area contributed by atoms with Crippen molar-refractivity contribution in [3.8, 4) is 28.1 Å². The van der Waals surface area contributed by atoms with Gasteiger partial charge in [0.15, 0.2) is 0 Å². The molecule has 6 bridgehead atoms. The Balaban J connectivity index is 1.22. The van der Waals surface area contributed by atoms with Gasteiger partial charge in [0.05, 0.1) is 24.1 Å². The third-order valence-corrected chi connectivity index (χ3v) is 12.9. The number of aryl methyl sites for hydroxylation is 1. The molecule has 0 saturated carbocycles. The van der Waals surface area contributed by atoms with Crippen LogP contribution in [-0.4, -0.2) is 123 Å². The van der Waals surface area contributed by atoms with Gasteiger partial charge >= 0.3 is 12.0 Å². The zero-order valence-corrected chi connectivity index (χ0v) is 37.8. The first-order valence-corrected chi connectivity index (χ1v) is 22.5. The van der Waals surface area contributed by atoms with Crippen LogP contribution in [0.25, 0.3) is 33.3 Å². The van der Waals surface area contributed by atoms with E-state index in [1.807, 2.05) is 39.0 Å². The first-order chi connectivity index (χ1) is 30.6. The number of cyclic esters (lactones) is 1. The van der Waals surface area contributed by atoms with Crippen LogP contribution in [0.1, 0.15) is 77.3 Å². The van der Waals surface area contributed by atoms with Gasteiger partial charge in [0.25, 0.3) is 5.91 Å². The molecule has 5 amide bonds. The highest BCUT2D eigenvalue weighted by atomic mass is 16.5. The number of amides is 5. The number of phenolic OH excluding ortho intramolecular Hbond substituents is 1. The number of aromatic hydroxyl groups is 1. The summed E-state index contributed by atoms with van der Waals surface area (Å²) in [6.07, 6.45) is 2.95. The number of methoxy groups -OCH3 is 1. The van der Waals surface area contributed by atoms with Crippen molar-refractivity contribution in [2.45, 2.75) is 104 Å². The van der Waals surface area contributed by atoms with E-state index in [0.717, 1.165) is 39.0 Å². The van der Waals surface area contributed by atoms with Crippen molar-refractivity contribution in [1.29, 1.82) is 0 Å². The number of carbonyl (C=O) groups excluding carboxylic acids is 5. The topological polar surface area (TPSA) is 198 Å². The van der Waals surface area contributed by atoms with E-state index in [0.29, 0.717) is 43.5 Å². The Hall–Kier alpha value is -5.84. The molecule has 64 heavy (non-hydrogen) atoms. The summed E-state index contributed by atoms with van der Waals surface area (Å²) in [7, 11) is 1.67. The number of carbonyl (C=O) groups is 5. The van der Waals surface area contributed by atoms with E-state index < -0.39 is 53.4 Å². The Labute approximate surface area is 373 Å². The van der Waals surface area contributed by atoms with Gasteiger partial charge in [-0.05, 0) is 97.7 Å². The van der Waals surface area contributed by atoms with Crippen LogP contribution in [-0.2, 0) is 48.0 Å². The number of rotatable bonds is 9. The van der Waals surface area contributed by atoms with Crippen molar-refractivity contribution in [1.82, 2.24) is 40.4 Å². The van der Waals surface area contributed by atoms with E-state index in [2.05, 4.69) is 59.6 Å². The standard InChI is InChI=1S/C48H60N8O8/c1-8-53-39-14-13-30-23-34(39)35(42(53)33-11-9-15-49-40(33)28(4)63-7)24-48(5,6)26-64-46(61)36-12-10-16-56(52-36)45(60)37(21-29-19-31(30)22-32(57)20-29)51-43(58)41(27(2)3)54-17-18-55(47(54)62)44(59)38-25-50-38/h9,11,13-15,19-20,22-23,27-28,36-38,41,50,52,57H,8,10,12,16-18,21,24-26H2,1-7H3,(H,51,58)/t28-,36-,37-,38-,41?/m0/s1. The van der Waals surface area contributed by atoms with Crippen molar-refractivity contribution >= 4 is 40.6 Å². The van der Waals surface area contributed by atoms with Crippen LogP contribution < -0.4 is 16.1 Å². The molecule has 2 aromatic carbocycles. The summed E-state index contributed by atoms with van der Waals surface area (Å²) < 4.78 is 14.2. The van der Waals surface area contributed by atoms with Gasteiger partial charge in [-0.15, -0.1) is 0 Å².